The van der Waals surface area contributed by atoms with E-state index in [-0.39, 0.29) is 11.5 Å². The van der Waals surface area contributed by atoms with Crippen LogP contribution in [0.5, 0.6) is 0 Å². The van der Waals surface area contributed by atoms with E-state index in [1.54, 1.807) is 0 Å². The third kappa shape index (κ3) is 4.14. The van der Waals surface area contributed by atoms with Gasteiger partial charge < -0.3 is 10.8 Å². The molecular weight excluding hydrogens is 194 g/mol. The van der Waals surface area contributed by atoms with Gasteiger partial charge >= 0.3 is 5.97 Å². The fourth-order valence-corrected chi connectivity index (χ4v) is 1.99. The highest BCUT2D eigenvalue weighted by atomic mass is 16.4. The minimum Gasteiger partial charge on any atom is -0.478 e. The van der Waals surface area contributed by atoms with Crippen LogP contribution in [0, 0.1) is 5.92 Å². The number of hydrogen-bond acceptors (Lipinski definition) is 3. The molecule has 0 aliphatic heterocycles. The normalized spacial score (nSPS) is 18.0. The highest BCUT2D eigenvalue weighted by Gasteiger charge is 2.17. The second kappa shape index (κ2) is 5.53. The number of Topliss-reactive ketones (excluding diaryl/α,β-unsaturated/α-hetero) is 1. The molecule has 1 aliphatic rings. The Balaban J connectivity index is 2.31. The minimum absolute atomic E-state index is 0.138. The van der Waals surface area contributed by atoms with E-state index in [4.69, 9.17) is 10.8 Å². The van der Waals surface area contributed by atoms with Crippen LogP contribution in [-0.2, 0) is 9.59 Å². The summed E-state index contributed by atoms with van der Waals surface area (Å²) in [5.74, 6) is -0.780. The van der Waals surface area contributed by atoms with Gasteiger partial charge in [0.05, 0.1) is 5.70 Å². The molecule has 4 heteroatoms. The zero-order valence-corrected chi connectivity index (χ0v) is 8.74. The lowest BCUT2D eigenvalue weighted by Crippen LogP contribution is -2.14. The summed E-state index contributed by atoms with van der Waals surface area (Å²) in [5.41, 5.74) is 5.20. The average molecular weight is 211 g/mol. The maximum atomic E-state index is 11.4. The van der Waals surface area contributed by atoms with E-state index in [1.165, 1.54) is 25.7 Å². The van der Waals surface area contributed by atoms with Crippen molar-refractivity contribution in [3.8, 4) is 0 Å². The molecular formula is C11H17NO3. The standard InChI is InChI=1S/C11H17NO3/c12-9(7-11(14)15)10(13)6-5-8-3-1-2-4-8/h7-8H,1-6,12H2,(H,14,15). The quantitative estimate of drug-likeness (QED) is 0.674. The van der Waals surface area contributed by atoms with Gasteiger partial charge in [-0.05, 0) is 12.3 Å². The van der Waals surface area contributed by atoms with E-state index >= 15 is 0 Å². The van der Waals surface area contributed by atoms with E-state index < -0.39 is 5.97 Å². The Bertz CT molecular complexity index is 278. The highest BCUT2D eigenvalue weighted by molar-refractivity contribution is 5.99. The van der Waals surface area contributed by atoms with Gasteiger partial charge in [0, 0.05) is 12.5 Å². The molecule has 1 aliphatic carbocycles. The first-order valence-electron chi connectivity index (χ1n) is 5.33. The molecule has 0 radical (unpaired) electrons. The molecule has 3 N–H and O–H groups in total. The molecule has 4 nitrogen and oxygen atoms in total. The van der Waals surface area contributed by atoms with Crippen LogP contribution in [0.3, 0.4) is 0 Å². The van der Waals surface area contributed by atoms with Crippen molar-refractivity contribution in [3.63, 3.8) is 0 Å². The fraction of sp³-hybridized carbons (Fsp3) is 0.636. The first-order valence-corrected chi connectivity index (χ1v) is 5.33. The van der Waals surface area contributed by atoms with Gasteiger partial charge in [0.25, 0.3) is 0 Å². The molecule has 0 saturated heterocycles. The summed E-state index contributed by atoms with van der Waals surface area (Å²) >= 11 is 0. The number of carboxylic acid groups (broad SMARTS) is 1. The fourth-order valence-electron chi connectivity index (χ4n) is 1.99. The summed E-state index contributed by atoms with van der Waals surface area (Å²) in [6.07, 6.45) is 6.87. The highest BCUT2D eigenvalue weighted by Crippen LogP contribution is 2.28. The zero-order valence-electron chi connectivity index (χ0n) is 8.74. The summed E-state index contributed by atoms with van der Waals surface area (Å²) in [5, 5.41) is 8.40. The Hall–Kier alpha value is -1.32. The maximum Gasteiger partial charge on any atom is 0.330 e. The molecule has 0 aromatic heterocycles. The molecule has 15 heavy (non-hydrogen) atoms. The molecule has 1 rings (SSSR count). The largest absolute Gasteiger partial charge is 0.478 e. The number of hydrogen-bond donors (Lipinski definition) is 2. The van der Waals surface area contributed by atoms with Crippen molar-refractivity contribution in [1.82, 2.24) is 0 Å². The lowest BCUT2D eigenvalue weighted by molar-refractivity contribution is -0.131. The zero-order chi connectivity index (χ0) is 11.3. The first kappa shape index (κ1) is 11.8. The second-order valence-corrected chi connectivity index (χ2v) is 4.05. The lowest BCUT2D eigenvalue weighted by atomic mass is 9.99. The van der Waals surface area contributed by atoms with E-state index in [9.17, 15) is 9.59 Å². The molecule has 0 atom stereocenters. The Kier molecular flexibility index (Phi) is 4.34. The molecule has 1 saturated carbocycles. The third-order valence-electron chi connectivity index (χ3n) is 2.86. The predicted octanol–water partition coefficient (Wildman–Crippen LogP) is 1.45. The van der Waals surface area contributed by atoms with Gasteiger partial charge in [-0.3, -0.25) is 4.79 Å². The number of carbonyl (C=O) groups excluding carboxylic acids is 1. The first-order chi connectivity index (χ1) is 7.09. The van der Waals surface area contributed by atoms with Gasteiger partial charge in [0.2, 0.25) is 0 Å². The van der Waals surface area contributed by atoms with E-state index in [0.717, 1.165) is 12.5 Å². The average Bonchev–Trinajstić information content (AvgIpc) is 2.65. The van der Waals surface area contributed by atoms with Crippen LogP contribution >= 0.6 is 0 Å². The topological polar surface area (TPSA) is 80.4 Å². The van der Waals surface area contributed by atoms with Crippen LogP contribution in [0.4, 0.5) is 0 Å². The lowest BCUT2D eigenvalue weighted by Gasteiger charge is -2.07. The number of carboxylic acids is 1. The molecule has 0 bridgehead atoms. The van der Waals surface area contributed by atoms with Crippen molar-refractivity contribution >= 4 is 11.8 Å². The second-order valence-electron chi connectivity index (χ2n) is 4.05. The van der Waals surface area contributed by atoms with E-state index in [2.05, 4.69) is 0 Å². The van der Waals surface area contributed by atoms with E-state index in [1.807, 2.05) is 0 Å². The van der Waals surface area contributed by atoms with Gasteiger partial charge in [-0.1, -0.05) is 25.7 Å². The maximum absolute atomic E-state index is 11.4. The summed E-state index contributed by atoms with van der Waals surface area (Å²) in [6, 6.07) is 0. The molecule has 0 amide bonds. The monoisotopic (exact) mass is 211 g/mol. The Morgan fingerprint density at radius 2 is 1.93 bits per heavy atom. The van der Waals surface area contributed by atoms with E-state index in [0.29, 0.717) is 12.3 Å². The van der Waals surface area contributed by atoms with Crippen LogP contribution in [0.2, 0.25) is 0 Å². The summed E-state index contributed by atoms with van der Waals surface area (Å²) < 4.78 is 0. The molecule has 84 valence electrons. The van der Waals surface area contributed by atoms with Crippen LogP contribution in [0.25, 0.3) is 0 Å². The number of nitrogens with two attached hydrogens (primary N) is 1. The van der Waals surface area contributed by atoms with Crippen molar-refractivity contribution in [2.24, 2.45) is 11.7 Å². The van der Waals surface area contributed by atoms with Gasteiger partial charge in [-0.25, -0.2) is 4.79 Å². The molecule has 0 unspecified atom stereocenters. The number of allylic oxidation sites excluding steroid dienone is 1. The number of carbonyl (C=O) groups is 2. The predicted molar refractivity (Wildman–Crippen MR) is 56.1 cm³/mol. The smallest absolute Gasteiger partial charge is 0.330 e. The third-order valence-corrected chi connectivity index (χ3v) is 2.86. The van der Waals surface area contributed by atoms with Crippen LogP contribution in [0.15, 0.2) is 11.8 Å². The van der Waals surface area contributed by atoms with Crippen LogP contribution in [-0.4, -0.2) is 16.9 Å². The molecule has 0 heterocycles. The molecule has 1 fully saturated rings. The summed E-state index contributed by atoms with van der Waals surface area (Å²) in [7, 11) is 0. The van der Waals surface area contributed by atoms with Crippen molar-refractivity contribution in [3.05, 3.63) is 11.8 Å². The number of ketones is 1. The van der Waals surface area contributed by atoms with Crippen molar-refractivity contribution in [2.75, 3.05) is 0 Å². The minimum atomic E-state index is -1.17. The van der Waals surface area contributed by atoms with Gasteiger partial charge in [0.15, 0.2) is 5.78 Å². The van der Waals surface area contributed by atoms with Crippen LogP contribution < -0.4 is 5.73 Å². The molecule has 0 aromatic carbocycles. The SMILES string of the molecule is NC(=CC(=O)O)C(=O)CCC1CCCC1. The van der Waals surface area contributed by atoms with Crippen molar-refractivity contribution in [2.45, 2.75) is 38.5 Å². The van der Waals surface area contributed by atoms with Gasteiger partial charge in [-0.15, -0.1) is 0 Å². The van der Waals surface area contributed by atoms with Crippen molar-refractivity contribution in [1.29, 1.82) is 0 Å². The number of rotatable bonds is 5. The van der Waals surface area contributed by atoms with Gasteiger partial charge in [0.1, 0.15) is 0 Å². The summed E-state index contributed by atoms with van der Waals surface area (Å²) in [6.45, 7) is 0. The molecule has 0 spiro atoms. The molecule has 0 aromatic rings. The number of aliphatic carboxylic acids is 1. The Morgan fingerprint density at radius 1 is 1.33 bits per heavy atom. The van der Waals surface area contributed by atoms with Crippen molar-refractivity contribution < 1.29 is 14.7 Å². The summed E-state index contributed by atoms with van der Waals surface area (Å²) in [4.78, 5) is 21.6. The van der Waals surface area contributed by atoms with Crippen LogP contribution in [0.1, 0.15) is 38.5 Å². The van der Waals surface area contributed by atoms with Gasteiger partial charge in [-0.2, -0.15) is 0 Å². The Morgan fingerprint density at radius 3 is 2.47 bits per heavy atom. The Labute approximate surface area is 89.2 Å².